The highest BCUT2D eigenvalue weighted by molar-refractivity contribution is 7.89. The maximum Gasteiger partial charge on any atom is 0.242 e. The van der Waals surface area contributed by atoms with E-state index in [0.717, 1.165) is 25.1 Å². The van der Waals surface area contributed by atoms with Crippen molar-refractivity contribution in [2.75, 3.05) is 24.2 Å². The molecule has 0 aromatic heterocycles. The van der Waals surface area contributed by atoms with Gasteiger partial charge in [0.15, 0.2) is 0 Å². The number of hydrogen-bond donors (Lipinski definition) is 2. The average molecular weight is 297 g/mol. The summed E-state index contributed by atoms with van der Waals surface area (Å²) in [6, 6.07) is 5.50. The fourth-order valence-corrected chi connectivity index (χ4v) is 3.85. The summed E-state index contributed by atoms with van der Waals surface area (Å²) in [6.45, 7) is 5.23. The lowest BCUT2D eigenvalue weighted by Crippen LogP contribution is -2.35. The summed E-state index contributed by atoms with van der Waals surface area (Å²) in [6.07, 6.45) is 2.19. The molecule has 0 saturated carbocycles. The highest BCUT2D eigenvalue weighted by Gasteiger charge is 2.31. The Morgan fingerprint density at radius 3 is 2.70 bits per heavy atom. The van der Waals surface area contributed by atoms with Gasteiger partial charge in [0.05, 0.1) is 5.69 Å². The van der Waals surface area contributed by atoms with E-state index >= 15 is 0 Å². The Balaban J connectivity index is 2.52. The quantitative estimate of drug-likeness (QED) is 0.831. The second-order valence-electron chi connectivity index (χ2n) is 5.58. The third-order valence-corrected chi connectivity index (χ3v) is 5.36. The van der Waals surface area contributed by atoms with Crippen LogP contribution in [-0.2, 0) is 10.0 Å². The van der Waals surface area contributed by atoms with Gasteiger partial charge in [0.25, 0.3) is 0 Å². The first-order valence-corrected chi connectivity index (χ1v) is 8.45. The van der Waals surface area contributed by atoms with Gasteiger partial charge in [0.2, 0.25) is 10.0 Å². The first-order chi connectivity index (χ1) is 9.36. The van der Waals surface area contributed by atoms with E-state index in [2.05, 4.69) is 23.5 Å². The molecular weight excluding hydrogens is 274 g/mol. The molecule has 1 aliphatic heterocycles. The van der Waals surface area contributed by atoms with Crippen LogP contribution in [0.3, 0.4) is 0 Å². The van der Waals surface area contributed by atoms with Crippen LogP contribution in [0, 0.1) is 5.92 Å². The molecule has 1 aromatic carbocycles. The summed E-state index contributed by atoms with van der Waals surface area (Å²) in [5.41, 5.74) is 6.98. The van der Waals surface area contributed by atoms with Gasteiger partial charge < -0.3 is 10.6 Å². The molecular formula is C14H23N3O2S. The molecule has 2 rings (SSSR count). The molecule has 0 radical (unpaired) electrons. The monoisotopic (exact) mass is 297 g/mol. The van der Waals surface area contributed by atoms with Crippen LogP contribution in [-0.4, -0.2) is 28.1 Å². The van der Waals surface area contributed by atoms with E-state index in [1.165, 1.54) is 13.1 Å². The van der Waals surface area contributed by atoms with Gasteiger partial charge in [-0.15, -0.1) is 0 Å². The lowest BCUT2D eigenvalue weighted by atomic mass is 10.0. The van der Waals surface area contributed by atoms with Crippen LogP contribution in [0.4, 0.5) is 11.4 Å². The number of nitrogens with two attached hydrogens (primary N) is 1. The molecule has 1 fully saturated rings. The lowest BCUT2D eigenvalue weighted by Gasteiger charge is -2.31. The van der Waals surface area contributed by atoms with E-state index in [1.807, 2.05) is 6.07 Å². The summed E-state index contributed by atoms with van der Waals surface area (Å²) in [7, 11) is -2.09. The zero-order valence-electron chi connectivity index (χ0n) is 12.3. The van der Waals surface area contributed by atoms with Gasteiger partial charge in [-0.3, -0.25) is 0 Å². The van der Waals surface area contributed by atoms with Crippen LogP contribution in [0.2, 0.25) is 0 Å². The molecule has 1 heterocycles. The molecule has 1 aliphatic rings. The SMILES string of the molecule is CNS(=O)(=O)c1cc(N)ccc1N1CCCC1C(C)C. The molecule has 3 N–H and O–H groups in total. The zero-order chi connectivity index (χ0) is 14.9. The molecule has 5 nitrogen and oxygen atoms in total. The fraction of sp³-hybridized carbons (Fsp3) is 0.571. The second-order valence-corrected chi connectivity index (χ2v) is 7.44. The first-order valence-electron chi connectivity index (χ1n) is 6.96. The lowest BCUT2D eigenvalue weighted by molar-refractivity contribution is 0.490. The predicted molar refractivity (Wildman–Crippen MR) is 82.3 cm³/mol. The Bertz CT molecular complexity index is 584. The van der Waals surface area contributed by atoms with Crippen molar-refractivity contribution in [3.8, 4) is 0 Å². The number of nitrogens with zero attached hydrogens (tertiary/aromatic N) is 1. The minimum atomic E-state index is -3.51. The summed E-state index contributed by atoms with van der Waals surface area (Å²) < 4.78 is 26.8. The van der Waals surface area contributed by atoms with Crippen LogP contribution >= 0.6 is 0 Å². The zero-order valence-corrected chi connectivity index (χ0v) is 13.1. The maximum atomic E-state index is 12.2. The minimum Gasteiger partial charge on any atom is -0.399 e. The predicted octanol–water partition coefficient (Wildman–Crippen LogP) is 1.80. The average Bonchev–Trinajstić information content (AvgIpc) is 2.88. The van der Waals surface area contributed by atoms with Crippen molar-refractivity contribution in [1.82, 2.24) is 4.72 Å². The van der Waals surface area contributed by atoms with Crippen molar-refractivity contribution in [3.05, 3.63) is 18.2 Å². The van der Waals surface area contributed by atoms with E-state index in [4.69, 9.17) is 5.73 Å². The van der Waals surface area contributed by atoms with Crippen molar-refractivity contribution < 1.29 is 8.42 Å². The molecule has 0 aliphatic carbocycles. The Morgan fingerprint density at radius 1 is 1.40 bits per heavy atom. The van der Waals surface area contributed by atoms with Gasteiger partial charge in [-0.05, 0) is 44.0 Å². The van der Waals surface area contributed by atoms with E-state index in [9.17, 15) is 8.42 Å². The van der Waals surface area contributed by atoms with Crippen LogP contribution in [0.5, 0.6) is 0 Å². The van der Waals surface area contributed by atoms with E-state index in [1.54, 1.807) is 6.07 Å². The highest BCUT2D eigenvalue weighted by Crippen LogP contribution is 2.35. The normalized spacial score (nSPS) is 19.8. The summed E-state index contributed by atoms with van der Waals surface area (Å²) >= 11 is 0. The highest BCUT2D eigenvalue weighted by atomic mass is 32.2. The number of sulfonamides is 1. The maximum absolute atomic E-state index is 12.2. The van der Waals surface area contributed by atoms with Crippen molar-refractivity contribution in [1.29, 1.82) is 0 Å². The number of anilines is 2. The molecule has 0 spiro atoms. The van der Waals surface area contributed by atoms with Crippen LogP contribution in [0.25, 0.3) is 0 Å². The van der Waals surface area contributed by atoms with Crippen molar-refractivity contribution in [2.24, 2.45) is 5.92 Å². The largest absolute Gasteiger partial charge is 0.399 e. The van der Waals surface area contributed by atoms with Crippen LogP contribution < -0.4 is 15.4 Å². The first kappa shape index (κ1) is 15.1. The molecule has 1 saturated heterocycles. The number of rotatable bonds is 4. The Labute approximate surface area is 121 Å². The molecule has 0 amide bonds. The van der Waals surface area contributed by atoms with Crippen molar-refractivity contribution in [3.63, 3.8) is 0 Å². The van der Waals surface area contributed by atoms with Crippen molar-refractivity contribution in [2.45, 2.75) is 37.6 Å². The third-order valence-electron chi connectivity index (χ3n) is 3.92. The van der Waals surface area contributed by atoms with Crippen molar-refractivity contribution >= 4 is 21.4 Å². The number of nitrogens with one attached hydrogen (secondary N) is 1. The minimum absolute atomic E-state index is 0.271. The van der Waals surface area contributed by atoms with E-state index in [0.29, 0.717) is 17.6 Å². The summed E-state index contributed by atoms with van der Waals surface area (Å²) in [5.74, 6) is 0.486. The third kappa shape index (κ3) is 2.76. The van der Waals surface area contributed by atoms with Gasteiger partial charge in [-0.25, -0.2) is 13.1 Å². The Morgan fingerprint density at radius 2 is 2.10 bits per heavy atom. The van der Waals surface area contributed by atoms with Crippen LogP contribution in [0.15, 0.2) is 23.1 Å². The fourth-order valence-electron chi connectivity index (χ4n) is 2.88. The topological polar surface area (TPSA) is 75.4 Å². The molecule has 6 heteroatoms. The Hall–Kier alpha value is -1.27. The molecule has 20 heavy (non-hydrogen) atoms. The van der Waals surface area contributed by atoms with Crippen LogP contribution in [0.1, 0.15) is 26.7 Å². The molecule has 0 bridgehead atoms. The second kappa shape index (κ2) is 5.61. The van der Waals surface area contributed by atoms with Gasteiger partial charge in [-0.2, -0.15) is 0 Å². The van der Waals surface area contributed by atoms with Gasteiger partial charge in [0.1, 0.15) is 4.90 Å². The smallest absolute Gasteiger partial charge is 0.242 e. The number of hydrogen-bond acceptors (Lipinski definition) is 4. The Kier molecular flexibility index (Phi) is 4.25. The molecule has 112 valence electrons. The molecule has 1 unspecified atom stereocenters. The standard InChI is InChI=1S/C14H23N3O2S/c1-10(2)12-5-4-8-17(12)13-7-6-11(15)9-14(13)20(18,19)16-3/h6-7,9-10,12,16H,4-5,8,15H2,1-3H3. The van der Waals surface area contributed by atoms with Gasteiger partial charge in [-0.1, -0.05) is 13.8 Å². The van der Waals surface area contributed by atoms with E-state index < -0.39 is 10.0 Å². The van der Waals surface area contributed by atoms with E-state index in [-0.39, 0.29) is 4.90 Å². The number of benzene rings is 1. The summed E-state index contributed by atoms with van der Waals surface area (Å²) in [4.78, 5) is 2.47. The summed E-state index contributed by atoms with van der Waals surface area (Å²) in [5, 5.41) is 0. The number of nitrogen functional groups attached to an aromatic ring is 1. The van der Waals surface area contributed by atoms with Gasteiger partial charge in [0, 0.05) is 18.3 Å². The molecule has 1 atom stereocenters. The molecule has 1 aromatic rings. The van der Waals surface area contributed by atoms with Gasteiger partial charge >= 0.3 is 0 Å².